The van der Waals surface area contributed by atoms with Crippen LogP contribution in [0.5, 0.6) is 0 Å². The number of nitrogens with zero attached hydrogens (tertiary/aromatic N) is 1. The van der Waals surface area contributed by atoms with Crippen molar-refractivity contribution in [3.8, 4) is 11.1 Å². The number of anilines is 1. The highest BCUT2D eigenvalue weighted by Crippen LogP contribution is 2.37. The molecule has 6 heteroatoms. The molecule has 1 saturated heterocycles. The average molecular weight is 438 g/mol. The molecule has 1 atom stereocenters. The SMILES string of the molecule is CC(C)CNC(=O)C1CCCN(c2c(-c3ccccc3)c3cc(Cl)ccc3[nH]c2=O)C1. The summed E-state index contributed by atoms with van der Waals surface area (Å²) in [5, 5.41) is 4.57. The van der Waals surface area contributed by atoms with Gasteiger partial charge in [-0.2, -0.15) is 0 Å². The quantitative estimate of drug-likeness (QED) is 0.600. The first-order chi connectivity index (χ1) is 14.9. The number of aromatic nitrogens is 1. The smallest absolute Gasteiger partial charge is 0.272 e. The molecule has 5 nitrogen and oxygen atoms in total. The number of pyridine rings is 1. The van der Waals surface area contributed by atoms with Gasteiger partial charge in [0, 0.05) is 41.1 Å². The second-order valence-electron chi connectivity index (χ2n) is 8.66. The van der Waals surface area contributed by atoms with Crippen LogP contribution in [0.2, 0.25) is 5.02 Å². The van der Waals surface area contributed by atoms with Crippen LogP contribution in [-0.2, 0) is 4.79 Å². The average Bonchev–Trinajstić information content (AvgIpc) is 2.77. The highest BCUT2D eigenvalue weighted by Gasteiger charge is 2.29. The summed E-state index contributed by atoms with van der Waals surface area (Å²) < 4.78 is 0. The van der Waals surface area contributed by atoms with Crippen molar-refractivity contribution in [3.63, 3.8) is 0 Å². The maximum atomic E-state index is 13.3. The zero-order chi connectivity index (χ0) is 22.0. The Bertz CT molecular complexity index is 1140. The number of hydrogen-bond acceptors (Lipinski definition) is 3. The molecule has 1 amide bonds. The topological polar surface area (TPSA) is 65.2 Å². The predicted molar refractivity (Wildman–Crippen MR) is 128 cm³/mol. The molecule has 1 aromatic heterocycles. The Hall–Kier alpha value is -2.79. The van der Waals surface area contributed by atoms with Gasteiger partial charge in [-0.25, -0.2) is 0 Å². The number of rotatable bonds is 5. The highest BCUT2D eigenvalue weighted by molar-refractivity contribution is 6.31. The minimum Gasteiger partial charge on any atom is -0.366 e. The largest absolute Gasteiger partial charge is 0.366 e. The van der Waals surface area contributed by atoms with Gasteiger partial charge in [-0.3, -0.25) is 9.59 Å². The first-order valence-corrected chi connectivity index (χ1v) is 11.3. The van der Waals surface area contributed by atoms with E-state index in [2.05, 4.69) is 29.0 Å². The lowest BCUT2D eigenvalue weighted by molar-refractivity contribution is -0.125. The van der Waals surface area contributed by atoms with E-state index in [0.717, 1.165) is 41.4 Å². The summed E-state index contributed by atoms with van der Waals surface area (Å²) >= 11 is 6.32. The zero-order valence-electron chi connectivity index (χ0n) is 18.0. The van der Waals surface area contributed by atoms with Crippen molar-refractivity contribution >= 4 is 34.1 Å². The van der Waals surface area contributed by atoms with Gasteiger partial charge in [0.1, 0.15) is 5.69 Å². The molecule has 31 heavy (non-hydrogen) atoms. The van der Waals surface area contributed by atoms with Crippen molar-refractivity contribution in [1.82, 2.24) is 10.3 Å². The number of piperidine rings is 1. The molecular formula is C25H28ClN3O2. The maximum absolute atomic E-state index is 13.3. The van der Waals surface area contributed by atoms with Crippen LogP contribution in [-0.4, -0.2) is 30.5 Å². The fourth-order valence-electron chi connectivity index (χ4n) is 4.30. The van der Waals surface area contributed by atoms with E-state index < -0.39 is 0 Å². The number of aromatic amines is 1. The van der Waals surface area contributed by atoms with Gasteiger partial charge in [-0.15, -0.1) is 0 Å². The van der Waals surface area contributed by atoms with E-state index in [4.69, 9.17) is 11.6 Å². The first-order valence-electron chi connectivity index (χ1n) is 10.9. The minimum absolute atomic E-state index is 0.0694. The maximum Gasteiger partial charge on any atom is 0.272 e. The number of H-pyrrole nitrogens is 1. The fourth-order valence-corrected chi connectivity index (χ4v) is 4.47. The third kappa shape index (κ3) is 4.62. The number of carbonyl (C=O) groups is 1. The number of benzene rings is 2. The van der Waals surface area contributed by atoms with Gasteiger partial charge in [-0.05, 0) is 42.5 Å². The molecule has 2 N–H and O–H groups in total. The Morgan fingerprint density at radius 1 is 1.23 bits per heavy atom. The van der Waals surface area contributed by atoms with Crippen LogP contribution in [0, 0.1) is 11.8 Å². The van der Waals surface area contributed by atoms with Gasteiger partial charge in [0.15, 0.2) is 0 Å². The van der Waals surface area contributed by atoms with E-state index in [-0.39, 0.29) is 17.4 Å². The molecular weight excluding hydrogens is 410 g/mol. The molecule has 2 heterocycles. The molecule has 1 aliphatic heterocycles. The molecule has 0 aliphatic carbocycles. The van der Waals surface area contributed by atoms with Crippen LogP contribution in [0.25, 0.3) is 22.0 Å². The Kier molecular flexibility index (Phi) is 6.33. The summed E-state index contributed by atoms with van der Waals surface area (Å²) in [6.45, 7) is 6.10. The lowest BCUT2D eigenvalue weighted by Crippen LogP contribution is -2.45. The molecule has 3 aromatic rings. The van der Waals surface area contributed by atoms with E-state index in [1.165, 1.54) is 0 Å². The van der Waals surface area contributed by atoms with Crippen molar-refractivity contribution in [1.29, 1.82) is 0 Å². The second-order valence-corrected chi connectivity index (χ2v) is 9.09. The summed E-state index contributed by atoms with van der Waals surface area (Å²) in [6, 6.07) is 15.4. The van der Waals surface area contributed by atoms with Crippen molar-refractivity contribution in [2.45, 2.75) is 26.7 Å². The Morgan fingerprint density at radius 3 is 2.74 bits per heavy atom. The molecule has 162 valence electrons. The summed E-state index contributed by atoms with van der Waals surface area (Å²) in [4.78, 5) is 31.1. The van der Waals surface area contributed by atoms with Gasteiger partial charge in [-0.1, -0.05) is 55.8 Å². The lowest BCUT2D eigenvalue weighted by Gasteiger charge is -2.34. The number of carbonyl (C=O) groups excluding carboxylic acids is 1. The molecule has 4 rings (SSSR count). The molecule has 0 bridgehead atoms. The molecule has 1 unspecified atom stereocenters. The number of halogens is 1. The number of fused-ring (bicyclic) bond motifs is 1. The van der Waals surface area contributed by atoms with Crippen LogP contribution in [0.15, 0.2) is 53.3 Å². The Balaban J connectivity index is 1.79. The normalized spacial score (nSPS) is 16.6. The van der Waals surface area contributed by atoms with Crippen molar-refractivity contribution in [2.75, 3.05) is 24.5 Å². The van der Waals surface area contributed by atoms with E-state index >= 15 is 0 Å². The Morgan fingerprint density at radius 2 is 2.00 bits per heavy atom. The third-order valence-electron chi connectivity index (χ3n) is 5.81. The third-order valence-corrected chi connectivity index (χ3v) is 6.04. The van der Waals surface area contributed by atoms with E-state index in [1.807, 2.05) is 42.5 Å². The van der Waals surface area contributed by atoms with Gasteiger partial charge in [0.25, 0.3) is 5.56 Å². The molecule has 1 fully saturated rings. The summed E-state index contributed by atoms with van der Waals surface area (Å²) in [5.74, 6) is 0.340. The van der Waals surface area contributed by atoms with Crippen molar-refractivity contribution < 1.29 is 4.79 Å². The molecule has 2 aromatic carbocycles. The minimum atomic E-state index is -0.142. The summed E-state index contributed by atoms with van der Waals surface area (Å²) in [6.07, 6.45) is 1.69. The summed E-state index contributed by atoms with van der Waals surface area (Å²) in [7, 11) is 0. The van der Waals surface area contributed by atoms with Crippen molar-refractivity contribution in [2.24, 2.45) is 11.8 Å². The Labute approximate surface area is 187 Å². The van der Waals surface area contributed by atoms with Gasteiger partial charge in [0.05, 0.1) is 5.92 Å². The predicted octanol–water partition coefficient (Wildman–Crippen LogP) is 4.84. The lowest BCUT2D eigenvalue weighted by atomic mass is 9.93. The standard InChI is InChI=1S/C25H28ClN3O2/c1-16(2)14-27-24(30)18-9-6-12-29(15-18)23-22(17-7-4-3-5-8-17)20-13-19(26)10-11-21(20)28-25(23)31/h3-5,7-8,10-11,13,16,18H,6,9,12,14-15H2,1-2H3,(H,27,30)(H,28,31). The number of hydrogen-bond donors (Lipinski definition) is 2. The van der Waals surface area contributed by atoms with E-state index in [0.29, 0.717) is 29.7 Å². The van der Waals surface area contributed by atoms with Gasteiger partial charge < -0.3 is 15.2 Å². The monoisotopic (exact) mass is 437 g/mol. The molecule has 1 aliphatic rings. The number of nitrogens with one attached hydrogen (secondary N) is 2. The van der Waals surface area contributed by atoms with Crippen LogP contribution in [0.3, 0.4) is 0 Å². The highest BCUT2D eigenvalue weighted by atomic mass is 35.5. The van der Waals surface area contributed by atoms with Crippen LogP contribution in [0.4, 0.5) is 5.69 Å². The second kappa shape index (κ2) is 9.15. The van der Waals surface area contributed by atoms with Crippen LogP contribution < -0.4 is 15.8 Å². The van der Waals surface area contributed by atoms with E-state index in [1.54, 1.807) is 6.07 Å². The summed E-state index contributed by atoms with van der Waals surface area (Å²) in [5.41, 5.74) is 3.05. The number of amides is 1. The van der Waals surface area contributed by atoms with E-state index in [9.17, 15) is 9.59 Å². The van der Waals surface area contributed by atoms with Gasteiger partial charge in [0.2, 0.25) is 5.91 Å². The van der Waals surface area contributed by atoms with Crippen LogP contribution >= 0.6 is 11.6 Å². The van der Waals surface area contributed by atoms with Crippen molar-refractivity contribution in [3.05, 3.63) is 63.9 Å². The van der Waals surface area contributed by atoms with Gasteiger partial charge >= 0.3 is 0 Å². The molecule has 0 radical (unpaired) electrons. The van der Waals surface area contributed by atoms with Crippen LogP contribution in [0.1, 0.15) is 26.7 Å². The first kappa shape index (κ1) is 21.4. The zero-order valence-corrected chi connectivity index (χ0v) is 18.7. The fraction of sp³-hybridized carbons (Fsp3) is 0.360. The molecule has 0 spiro atoms. The molecule has 0 saturated carbocycles.